The highest BCUT2D eigenvalue weighted by Crippen LogP contribution is 2.25. The summed E-state index contributed by atoms with van der Waals surface area (Å²) >= 11 is 7.75. The molecule has 0 unspecified atom stereocenters. The van der Waals surface area contributed by atoms with E-state index < -0.39 is 0 Å². The van der Waals surface area contributed by atoms with Crippen LogP contribution in [0.15, 0.2) is 69.6 Å². The van der Waals surface area contributed by atoms with Crippen LogP contribution in [0, 0.1) is 0 Å². The Bertz CT molecular complexity index is 1340. The van der Waals surface area contributed by atoms with Crippen molar-refractivity contribution in [3.05, 3.63) is 81.5 Å². The normalized spacial score (nSPS) is 11.3. The molecule has 0 bridgehead atoms. The zero-order valence-corrected chi connectivity index (χ0v) is 15.9. The van der Waals surface area contributed by atoms with Gasteiger partial charge < -0.3 is 9.09 Å². The van der Waals surface area contributed by atoms with Gasteiger partial charge >= 0.3 is 0 Å². The molecule has 0 spiro atoms. The number of hydrogen-bond acceptors (Lipinski definition) is 6. The molecular weight excluding hydrogens is 398 g/mol. The second-order valence-corrected chi connectivity index (χ2v) is 7.41. The van der Waals surface area contributed by atoms with Crippen molar-refractivity contribution in [1.29, 1.82) is 0 Å². The zero-order chi connectivity index (χ0) is 19.1. The molecule has 0 fully saturated rings. The summed E-state index contributed by atoms with van der Waals surface area (Å²) in [6.45, 7) is 0.159. The SMILES string of the molecule is O=c1c2cc(-c3cccs3)nn2ccn1Cc1nc(-c2ccccc2Cl)no1. The molecule has 4 heterocycles. The van der Waals surface area contributed by atoms with Crippen LogP contribution >= 0.6 is 22.9 Å². The van der Waals surface area contributed by atoms with Crippen LogP contribution in [0.1, 0.15) is 5.89 Å². The molecule has 5 rings (SSSR count). The first kappa shape index (κ1) is 16.9. The summed E-state index contributed by atoms with van der Waals surface area (Å²) in [5.74, 6) is 0.707. The second-order valence-electron chi connectivity index (χ2n) is 6.06. The lowest BCUT2D eigenvalue weighted by molar-refractivity contribution is 0.370. The van der Waals surface area contributed by atoms with E-state index in [-0.39, 0.29) is 12.1 Å². The summed E-state index contributed by atoms with van der Waals surface area (Å²) in [7, 11) is 0. The number of hydrogen-bond donors (Lipinski definition) is 0. The van der Waals surface area contributed by atoms with E-state index in [2.05, 4.69) is 15.2 Å². The molecule has 138 valence electrons. The van der Waals surface area contributed by atoms with Crippen molar-refractivity contribution < 1.29 is 4.52 Å². The van der Waals surface area contributed by atoms with Crippen LogP contribution in [0.3, 0.4) is 0 Å². The molecular formula is C19H12ClN5O2S. The molecule has 0 aliphatic heterocycles. The summed E-state index contributed by atoms with van der Waals surface area (Å²) in [6.07, 6.45) is 3.39. The van der Waals surface area contributed by atoms with E-state index in [0.717, 1.165) is 10.6 Å². The molecule has 0 saturated carbocycles. The van der Waals surface area contributed by atoms with E-state index in [0.29, 0.717) is 27.8 Å². The molecule has 0 amide bonds. The van der Waals surface area contributed by atoms with Gasteiger partial charge in [-0.05, 0) is 29.6 Å². The molecule has 5 aromatic rings. The third-order valence-corrected chi connectivity index (χ3v) is 5.49. The topological polar surface area (TPSA) is 78.2 Å². The minimum Gasteiger partial charge on any atom is -0.337 e. The Labute approximate surface area is 167 Å². The first-order chi connectivity index (χ1) is 13.7. The van der Waals surface area contributed by atoms with Gasteiger partial charge in [0, 0.05) is 18.0 Å². The van der Waals surface area contributed by atoms with Gasteiger partial charge in [-0.3, -0.25) is 4.79 Å². The summed E-state index contributed by atoms with van der Waals surface area (Å²) < 4.78 is 8.40. The maximum absolute atomic E-state index is 12.8. The first-order valence-corrected chi connectivity index (χ1v) is 9.65. The Morgan fingerprint density at radius 3 is 2.86 bits per heavy atom. The Balaban J connectivity index is 1.48. The number of fused-ring (bicyclic) bond motifs is 1. The van der Waals surface area contributed by atoms with Gasteiger partial charge in [0.2, 0.25) is 11.7 Å². The molecule has 0 N–H and O–H groups in total. The fourth-order valence-corrected chi connectivity index (χ4v) is 3.81. The van der Waals surface area contributed by atoms with E-state index in [1.165, 1.54) is 4.57 Å². The van der Waals surface area contributed by atoms with Crippen LogP contribution in [0.5, 0.6) is 0 Å². The Morgan fingerprint density at radius 2 is 2.04 bits per heavy atom. The summed E-state index contributed by atoms with van der Waals surface area (Å²) in [6, 6.07) is 13.0. The molecule has 4 aromatic heterocycles. The second kappa shape index (κ2) is 6.74. The Kier molecular flexibility index (Phi) is 4.07. The minimum atomic E-state index is -0.185. The van der Waals surface area contributed by atoms with Crippen molar-refractivity contribution >= 4 is 28.5 Å². The van der Waals surface area contributed by atoms with E-state index in [9.17, 15) is 4.79 Å². The van der Waals surface area contributed by atoms with Crippen molar-refractivity contribution in [3.63, 3.8) is 0 Å². The minimum absolute atomic E-state index is 0.159. The molecule has 9 heteroatoms. The van der Waals surface area contributed by atoms with Crippen molar-refractivity contribution in [3.8, 4) is 22.0 Å². The fraction of sp³-hybridized carbons (Fsp3) is 0.0526. The average Bonchev–Trinajstić information content (AvgIpc) is 3.44. The van der Waals surface area contributed by atoms with Gasteiger partial charge in [0.1, 0.15) is 17.8 Å². The van der Waals surface area contributed by atoms with Crippen LogP contribution < -0.4 is 5.56 Å². The van der Waals surface area contributed by atoms with Gasteiger partial charge in [0.05, 0.1) is 9.90 Å². The number of halogens is 1. The molecule has 1 aromatic carbocycles. The quantitative estimate of drug-likeness (QED) is 0.448. The number of rotatable bonds is 4. The van der Waals surface area contributed by atoms with Crippen molar-refractivity contribution in [2.45, 2.75) is 6.54 Å². The molecule has 0 aliphatic carbocycles. The van der Waals surface area contributed by atoms with E-state index in [1.807, 2.05) is 35.7 Å². The van der Waals surface area contributed by atoms with E-state index in [1.54, 1.807) is 40.4 Å². The highest BCUT2D eigenvalue weighted by atomic mass is 35.5. The predicted octanol–water partition coefficient (Wildman–Crippen LogP) is 3.98. The maximum atomic E-state index is 12.8. The van der Waals surface area contributed by atoms with Gasteiger partial charge in [0.15, 0.2) is 0 Å². The summed E-state index contributed by atoms with van der Waals surface area (Å²) in [5.41, 5.74) is 1.74. The third kappa shape index (κ3) is 2.92. The van der Waals surface area contributed by atoms with Crippen molar-refractivity contribution in [2.75, 3.05) is 0 Å². The number of aromatic nitrogens is 5. The lowest BCUT2D eigenvalue weighted by Crippen LogP contribution is -2.21. The molecule has 0 aliphatic rings. The molecule has 28 heavy (non-hydrogen) atoms. The van der Waals surface area contributed by atoms with Gasteiger partial charge in [0.25, 0.3) is 5.56 Å². The number of thiophene rings is 1. The number of benzene rings is 1. The van der Waals surface area contributed by atoms with Gasteiger partial charge in [-0.2, -0.15) is 10.1 Å². The van der Waals surface area contributed by atoms with Crippen LogP contribution in [0.25, 0.3) is 27.5 Å². The smallest absolute Gasteiger partial charge is 0.277 e. The maximum Gasteiger partial charge on any atom is 0.277 e. The van der Waals surface area contributed by atoms with E-state index >= 15 is 0 Å². The molecule has 0 saturated heterocycles. The summed E-state index contributed by atoms with van der Waals surface area (Å²) in [4.78, 5) is 18.2. The lowest BCUT2D eigenvalue weighted by atomic mass is 10.2. The number of nitrogens with zero attached hydrogens (tertiary/aromatic N) is 5. The molecule has 7 nitrogen and oxygen atoms in total. The lowest BCUT2D eigenvalue weighted by Gasteiger charge is -2.02. The van der Waals surface area contributed by atoms with Gasteiger partial charge in [-0.25, -0.2) is 4.52 Å². The fourth-order valence-electron chi connectivity index (χ4n) is 2.91. The Hall–Kier alpha value is -3.23. The summed E-state index contributed by atoms with van der Waals surface area (Å²) in [5, 5.41) is 10.9. The van der Waals surface area contributed by atoms with Gasteiger partial charge in [-0.1, -0.05) is 35.0 Å². The van der Waals surface area contributed by atoms with Crippen LogP contribution in [0.4, 0.5) is 0 Å². The van der Waals surface area contributed by atoms with Crippen LogP contribution in [-0.2, 0) is 6.54 Å². The highest BCUT2D eigenvalue weighted by Gasteiger charge is 2.14. The predicted molar refractivity (Wildman–Crippen MR) is 107 cm³/mol. The first-order valence-electron chi connectivity index (χ1n) is 8.39. The van der Waals surface area contributed by atoms with E-state index in [4.69, 9.17) is 16.1 Å². The zero-order valence-electron chi connectivity index (χ0n) is 14.3. The molecule has 0 atom stereocenters. The van der Waals surface area contributed by atoms with Crippen molar-refractivity contribution in [2.24, 2.45) is 0 Å². The third-order valence-electron chi connectivity index (χ3n) is 4.27. The van der Waals surface area contributed by atoms with Crippen LogP contribution in [-0.4, -0.2) is 24.3 Å². The van der Waals surface area contributed by atoms with Gasteiger partial charge in [-0.15, -0.1) is 11.3 Å². The highest BCUT2D eigenvalue weighted by molar-refractivity contribution is 7.13. The largest absolute Gasteiger partial charge is 0.337 e. The van der Waals surface area contributed by atoms with Crippen molar-refractivity contribution in [1.82, 2.24) is 24.3 Å². The molecule has 0 radical (unpaired) electrons. The van der Waals surface area contributed by atoms with Crippen LogP contribution in [0.2, 0.25) is 5.02 Å². The monoisotopic (exact) mass is 409 g/mol. The Morgan fingerprint density at radius 1 is 1.14 bits per heavy atom. The average molecular weight is 410 g/mol. The standard InChI is InChI=1S/C19H12ClN5O2S/c20-13-5-2-1-4-12(13)18-21-17(27-23-18)11-24-7-8-25-15(19(24)26)10-14(22-25)16-6-3-9-28-16/h1-10H,11H2.